The van der Waals surface area contributed by atoms with Gasteiger partial charge in [0.05, 0.1) is 0 Å². The molecule has 2 heteroatoms. The molecule has 0 aromatic heterocycles. The minimum Gasteiger partial charge on any atom is -0.303 e. The molecule has 0 unspecified atom stereocenters. The van der Waals surface area contributed by atoms with Crippen LogP contribution in [0.25, 0.3) is 0 Å². The molecule has 2 saturated heterocycles. The van der Waals surface area contributed by atoms with Crippen molar-refractivity contribution in [1.29, 1.82) is 0 Å². The number of hydrogen-bond donors (Lipinski definition) is 0. The minimum atomic E-state index is 0.908. The summed E-state index contributed by atoms with van der Waals surface area (Å²) in [6.07, 6.45) is 8.62. The molecule has 0 atom stereocenters. The molecule has 88 valence electrons. The fraction of sp³-hybridized carbons (Fsp3) is 1.00. The lowest BCUT2D eigenvalue weighted by molar-refractivity contribution is 0.114. The van der Waals surface area contributed by atoms with E-state index in [0.29, 0.717) is 0 Å². The summed E-state index contributed by atoms with van der Waals surface area (Å²) >= 11 is 0. The van der Waals surface area contributed by atoms with Crippen LogP contribution in [-0.2, 0) is 0 Å². The Morgan fingerprint density at radius 2 is 1.47 bits per heavy atom. The molecule has 0 aromatic carbocycles. The van der Waals surface area contributed by atoms with E-state index in [-0.39, 0.29) is 0 Å². The molecule has 0 N–H and O–H groups in total. The van der Waals surface area contributed by atoms with Crippen LogP contribution < -0.4 is 0 Å². The van der Waals surface area contributed by atoms with E-state index in [2.05, 4.69) is 16.7 Å². The number of rotatable bonds is 2. The van der Waals surface area contributed by atoms with Crippen LogP contribution in [0.4, 0.5) is 0 Å². The van der Waals surface area contributed by atoms with Crippen molar-refractivity contribution >= 4 is 0 Å². The smallest absolute Gasteiger partial charge is 0.0120 e. The predicted molar refractivity (Wildman–Crippen MR) is 65.2 cm³/mol. The molecule has 2 fully saturated rings. The Balaban J connectivity index is 1.78. The molecule has 0 bridgehead atoms. The van der Waals surface area contributed by atoms with E-state index >= 15 is 0 Å². The first-order valence-corrected chi connectivity index (χ1v) is 6.86. The Morgan fingerprint density at radius 1 is 0.867 bits per heavy atom. The summed E-state index contributed by atoms with van der Waals surface area (Å²) in [6, 6.07) is 0.908. The van der Waals surface area contributed by atoms with Gasteiger partial charge in [0.2, 0.25) is 0 Å². The van der Waals surface area contributed by atoms with Crippen molar-refractivity contribution < 1.29 is 0 Å². The molecule has 2 aliphatic heterocycles. The first-order chi connectivity index (χ1) is 7.40. The minimum absolute atomic E-state index is 0.908. The van der Waals surface area contributed by atoms with Gasteiger partial charge in [-0.1, -0.05) is 19.8 Å². The van der Waals surface area contributed by atoms with Gasteiger partial charge in [0.25, 0.3) is 0 Å². The van der Waals surface area contributed by atoms with Crippen molar-refractivity contribution in [2.75, 3.05) is 32.7 Å². The van der Waals surface area contributed by atoms with Crippen molar-refractivity contribution in [3.8, 4) is 0 Å². The van der Waals surface area contributed by atoms with E-state index in [1.165, 1.54) is 71.2 Å². The molecule has 0 aromatic rings. The van der Waals surface area contributed by atoms with Gasteiger partial charge in [-0.2, -0.15) is 0 Å². The van der Waals surface area contributed by atoms with Gasteiger partial charge in [-0.15, -0.1) is 0 Å². The maximum Gasteiger partial charge on any atom is 0.0120 e. The molecule has 0 aliphatic carbocycles. The Bertz CT molecular complexity index is 165. The lowest BCUT2D eigenvalue weighted by Crippen LogP contribution is -2.45. The Hall–Kier alpha value is -0.0800. The van der Waals surface area contributed by atoms with Crippen LogP contribution >= 0.6 is 0 Å². The summed E-state index contributed by atoms with van der Waals surface area (Å²) in [7, 11) is 0. The van der Waals surface area contributed by atoms with Gasteiger partial charge in [0.15, 0.2) is 0 Å². The topological polar surface area (TPSA) is 6.48 Å². The fourth-order valence-electron chi connectivity index (χ4n) is 3.06. The molecule has 2 nitrogen and oxygen atoms in total. The van der Waals surface area contributed by atoms with Gasteiger partial charge in [0, 0.05) is 6.04 Å². The van der Waals surface area contributed by atoms with Crippen molar-refractivity contribution in [3.63, 3.8) is 0 Å². The molecule has 2 aliphatic rings. The maximum absolute atomic E-state index is 2.78. The first-order valence-electron chi connectivity index (χ1n) is 6.86. The fourth-order valence-corrected chi connectivity index (χ4v) is 3.06. The molecule has 0 amide bonds. The standard InChI is InChI=1S/C13H26N2/c1-2-14-11-7-13(8-12-14)15-9-5-3-4-6-10-15/h13H,2-12H2,1H3. The highest BCUT2D eigenvalue weighted by Crippen LogP contribution is 2.20. The Morgan fingerprint density at radius 3 is 2.00 bits per heavy atom. The number of piperidine rings is 1. The quantitative estimate of drug-likeness (QED) is 0.690. The Kier molecular flexibility index (Phi) is 4.45. The molecular weight excluding hydrogens is 184 g/mol. The SMILES string of the molecule is CCN1CCC(N2CCCCCC2)CC1. The van der Waals surface area contributed by atoms with Crippen molar-refractivity contribution in [2.45, 2.75) is 51.5 Å². The zero-order valence-electron chi connectivity index (χ0n) is 10.2. The van der Waals surface area contributed by atoms with Crippen LogP contribution in [0, 0.1) is 0 Å². The first kappa shape index (κ1) is 11.4. The second-order valence-corrected chi connectivity index (χ2v) is 5.12. The predicted octanol–water partition coefficient (Wildman–Crippen LogP) is 2.35. The van der Waals surface area contributed by atoms with Gasteiger partial charge >= 0.3 is 0 Å². The Labute approximate surface area is 94.6 Å². The largest absolute Gasteiger partial charge is 0.303 e. The second kappa shape index (κ2) is 5.86. The van der Waals surface area contributed by atoms with Crippen LogP contribution in [0.15, 0.2) is 0 Å². The average Bonchev–Trinajstić information content (AvgIpc) is 2.58. The zero-order valence-corrected chi connectivity index (χ0v) is 10.2. The van der Waals surface area contributed by atoms with E-state index in [1.54, 1.807) is 0 Å². The normalized spacial score (nSPS) is 27.8. The van der Waals surface area contributed by atoms with E-state index in [1.807, 2.05) is 0 Å². The summed E-state index contributed by atoms with van der Waals surface area (Å²) in [5.41, 5.74) is 0. The van der Waals surface area contributed by atoms with Crippen LogP contribution in [-0.4, -0.2) is 48.6 Å². The van der Waals surface area contributed by atoms with Crippen molar-refractivity contribution in [2.24, 2.45) is 0 Å². The van der Waals surface area contributed by atoms with E-state index in [0.717, 1.165) is 6.04 Å². The maximum atomic E-state index is 2.78. The molecule has 15 heavy (non-hydrogen) atoms. The highest BCUT2D eigenvalue weighted by molar-refractivity contribution is 4.80. The van der Waals surface area contributed by atoms with Gasteiger partial charge in [-0.25, -0.2) is 0 Å². The van der Waals surface area contributed by atoms with Crippen molar-refractivity contribution in [3.05, 3.63) is 0 Å². The third-order valence-corrected chi connectivity index (χ3v) is 4.16. The second-order valence-electron chi connectivity index (χ2n) is 5.12. The van der Waals surface area contributed by atoms with Crippen LogP contribution in [0.2, 0.25) is 0 Å². The average molecular weight is 210 g/mol. The van der Waals surface area contributed by atoms with Gasteiger partial charge in [-0.3, -0.25) is 0 Å². The molecule has 0 radical (unpaired) electrons. The van der Waals surface area contributed by atoms with E-state index in [9.17, 15) is 0 Å². The van der Waals surface area contributed by atoms with Crippen LogP contribution in [0.5, 0.6) is 0 Å². The number of likely N-dealkylation sites (tertiary alicyclic amines) is 2. The highest BCUT2D eigenvalue weighted by Gasteiger charge is 2.23. The summed E-state index contributed by atoms with van der Waals surface area (Å²) < 4.78 is 0. The summed E-state index contributed by atoms with van der Waals surface area (Å²) in [6.45, 7) is 8.93. The summed E-state index contributed by atoms with van der Waals surface area (Å²) in [4.78, 5) is 5.37. The highest BCUT2D eigenvalue weighted by atomic mass is 15.2. The third-order valence-electron chi connectivity index (χ3n) is 4.16. The van der Waals surface area contributed by atoms with Gasteiger partial charge < -0.3 is 9.80 Å². The molecule has 2 heterocycles. The number of nitrogens with zero attached hydrogens (tertiary/aromatic N) is 2. The summed E-state index contributed by atoms with van der Waals surface area (Å²) in [5.74, 6) is 0. The zero-order chi connectivity index (χ0) is 10.5. The monoisotopic (exact) mass is 210 g/mol. The van der Waals surface area contributed by atoms with Crippen molar-refractivity contribution in [1.82, 2.24) is 9.80 Å². The molecule has 0 saturated carbocycles. The van der Waals surface area contributed by atoms with Gasteiger partial charge in [-0.05, 0) is 58.4 Å². The third kappa shape index (κ3) is 3.18. The van der Waals surface area contributed by atoms with Crippen LogP contribution in [0.3, 0.4) is 0 Å². The van der Waals surface area contributed by atoms with Gasteiger partial charge in [0.1, 0.15) is 0 Å². The van der Waals surface area contributed by atoms with E-state index in [4.69, 9.17) is 0 Å². The lowest BCUT2D eigenvalue weighted by Gasteiger charge is -2.37. The van der Waals surface area contributed by atoms with E-state index < -0.39 is 0 Å². The lowest BCUT2D eigenvalue weighted by atomic mass is 10.0. The number of hydrogen-bond acceptors (Lipinski definition) is 2. The molecule has 0 spiro atoms. The summed E-state index contributed by atoms with van der Waals surface area (Å²) in [5, 5.41) is 0. The van der Waals surface area contributed by atoms with Crippen LogP contribution in [0.1, 0.15) is 45.4 Å². The molecule has 2 rings (SSSR count). The molecular formula is C13H26N2.